The normalized spacial score (nSPS) is 10.2. The maximum absolute atomic E-state index is 11.0. The molecule has 0 saturated carbocycles. The van der Waals surface area contributed by atoms with Gasteiger partial charge in [-0.3, -0.25) is 4.79 Å². The van der Waals surface area contributed by atoms with E-state index in [-0.39, 0.29) is 22.9 Å². The van der Waals surface area contributed by atoms with Crippen LogP contribution in [-0.4, -0.2) is 23.3 Å². The molecule has 0 aliphatic rings. The van der Waals surface area contributed by atoms with Gasteiger partial charge in [0.15, 0.2) is 0 Å². The molecule has 0 aliphatic heterocycles. The summed E-state index contributed by atoms with van der Waals surface area (Å²) < 4.78 is -0.484. The van der Waals surface area contributed by atoms with E-state index in [2.05, 4.69) is 21.2 Å². The number of carbonyl (C=O) groups excluding carboxylic acids is 1. The zero-order chi connectivity index (χ0) is 8.20. The van der Waals surface area contributed by atoms with Crippen LogP contribution in [0, 0.1) is 0 Å². The van der Waals surface area contributed by atoms with E-state index in [4.69, 9.17) is 5.73 Å². The average molecular weight is 290 g/mol. The summed E-state index contributed by atoms with van der Waals surface area (Å²) in [4.78, 5) is 11.0. The molecule has 0 aliphatic carbocycles. The molecule has 0 spiro atoms. The van der Waals surface area contributed by atoms with E-state index in [1.54, 1.807) is 13.8 Å². The first-order chi connectivity index (χ1) is 4.48. The van der Waals surface area contributed by atoms with Crippen molar-refractivity contribution >= 4 is 38.8 Å². The molecular weight excluding hydrogens is 276 g/mol. The second-order valence-electron chi connectivity index (χ2n) is 2.52. The van der Waals surface area contributed by atoms with Crippen LogP contribution in [0.3, 0.4) is 0 Å². The SMILES string of the molecule is Br.CC(C)(Br)C(=O)NCCN. The third-order valence-corrected chi connectivity index (χ3v) is 1.33. The van der Waals surface area contributed by atoms with Gasteiger partial charge in [0.25, 0.3) is 0 Å². The largest absolute Gasteiger partial charge is 0.354 e. The Labute approximate surface area is 86.0 Å². The summed E-state index contributed by atoms with van der Waals surface area (Å²) in [5.74, 6) is -0.0297. The molecule has 0 bridgehead atoms. The quantitative estimate of drug-likeness (QED) is 0.756. The standard InChI is InChI=1S/C6H13BrN2O.BrH/c1-6(2,7)5(10)9-4-3-8;/h3-4,8H2,1-2H3,(H,9,10);1H. The lowest BCUT2D eigenvalue weighted by molar-refractivity contribution is -0.122. The van der Waals surface area contributed by atoms with Gasteiger partial charge in [-0.1, -0.05) is 15.9 Å². The number of hydrogen-bond acceptors (Lipinski definition) is 2. The zero-order valence-corrected chi connectivity index (χ0v) is 9.99. The van der Waals surface area contributed by atoms with Gasteiger partial charge >= 0.3 is 0 Å². The highest BCUT2D eigenvalue weighted by Gasteiger charge is 2.22. The van der Waals surface area contributed by atoms with Crippen LogP contribution < -0.4 is 11.1 Å². The Balaban J connectivity index is 0. The lowest BCUT2D eigenvalue weighted by Crippen LogP contribution is -2.39. The summed E-state index contributed by atoms with van der Waals surface area (Å²) in [5, 5.41) is 2.66. The van der Waals surface area contributed by atoms with Gasteiger partial charge in [0.2, 0.25) is 5.91 Å². The van der Waals surface area contributed by atoms with E-state index in [9.17, 15) is 4.79 Å². The lowest BCUT2D eigenvalue weighted by atomic mass is 10.2. The number of carbonyl (C=O) groups is 1. The first-order valence-corrected chi connectivity index (χ1v) is 3.95. The molecular formula is C6H14Br2N2O. The van der Waals surface area contributed by atoms with Crippen LogP contribution in [0.2, 0.25) is 0 Å². The Morgan fingerprint density at radius 3 is 2.36 bits per heavy atom. The van der Waals surface area contributed by atoms with E-state index in [0.29, 0.717) is 13.1 Å². The van der Waals surface area contributed by atoms with Crippen LogP contribution in [0.1, 0.15) is 13.8 Å². The van der Waals surface area contributed by atoms with Gasteiger partial charge in [0.1, 0.15) is 0 Å². The molecule has 0 aromatic carbocycles. The molecule has 3 N–H and O–H groups in total. The van der Waals surface area contributed by atoms with Crippen molar-refractivity contribution in [2.24, 2.45) is 5.73 Å². The Hall–Kier alpha value is 0.390. The molecule has 0 aromatic heterocycles. The maximum atomic E-state index is 11.0. The second-order valence-corrected chi connectivity index (χ2v) is 4.50. The van der Waals surface area contributed by atoms with Crippen molar-refractivity contribution in [2.45, 2.75) is 18.2 Å². The third kappa shape index (κ3) is 6.77. The Bertz CT molecular complexity index is 122. The Kier molecular flexibility index (Phi) is 7.57. The minimum atomic E-state index is -0.484. The van der Waals surface area contributed by atoms with Crippen LogP contribution in [0.15, 0.2) is 0 Å². The summed E-state index contributed by atoms with van der Waals surface area (Å²) in [7, 11) is 0. The van der Waals surface area contributed by atoms with Crippen LogP contribution in [0.4, 0.5) is 0 Å². The van der Waals surface area contributed by atoms with Gasteiger partial charge in [-0.15, -0.1) is 17.0 Å². The lowest BCUT2D eigenvalue weighted by Gasteiger charge is -2.14. The molecule has 11 heavy (non-hydrogen) atoms. The number of nitrogens with one attached hydrogen (secondary N) is 1. The van der Waals surface area contributed by atoms with Gasteiger partial charge in [-0.25, -0.2) is 0 Å². The molecule has 0 fully saturated rings. The third-order valence-electron chi connectivity index (χ3n) is 0.970. The first-order valence-electron chi connectivity index (χ1n) is 3.15. The van der Waals surface area contributed by atoms with Crippen LogP contribution >= 0.6 is 32.9 Å². The van der Waals surface area contributed by atoms with Crippen molar-refractivity contribution in [1.82, 2.24) is 5.32 Å². The Morgan fingerprint density at radius 1 is 1.64 bits per heavy atom. The van der Waals surface area contributed by atoms with Gasteiger partial charge in [-0.2, -0.15) is 0 Å². The molecule has 0 radical (unpaired) electrons. The van der Waals surface area contributed by atoms with Crippen molar-refractivity contribution in [3.05, 3.63) is 0 Å². The van der Waals surface area contributed by atoms with Gasteiger partial charge < -0.3 is 11.1 Å². The molecule has 0 rings (SSSR count). The van der Waals surface area contributed by atoms with Gasteiger partial charge in [-0.05, 0) is 13.8 Å². The summed E-state index contributed by atoms with van der Waals surface area (Å²) in [6, 6.07) is 0. The number of hydrogen-bond donors (Lipinski definition) is 2. The van der Waals surface area contributed by atoms with E-state index in [1.807, 2.05) is 0 Å². The van der Waals surface area contributed by atoms with Gasteiger partial charge in [0, 0.05) is 13.1 Å². The highest BCUT2D eigenvalue weighted by Crippen LogP contribution is 2.14. The highest BCUT2D eigenvalue weighted by atomic mass is 79.9. The van der Waals surface area contributed by atoms with E-state index >= 15 is 0 Å². The fourth-order valence-corrected chi connectivity index (χ4v) is 0.536. The second kappa shape index (κ2) is 5.97. The minimum absolute atomic E-state index is 0. The topological polar surface area (TPSA) is 55.1 Å². The molecule has 0 atom stereocenters. The molecule has 0 heterocycles. The fourth-order valence-electron chi connectivity index (χ4n) is 0.396. The fraction of sp³-hybridized carbons (Fsp3) is 0.833. The van der Waals surface area contributed by atoms with Crippen molar-refractivity contribution < 1.29 is 4.79 Å². The number of halogens is 2. The summed E-state index contributed by atoms with van der Waals surface area (Å²) >= 11 is 3.22. The zero-order valence-electron chi connectivity index (χ0n) is 6.69. The van der Waals surface area contributed by atoms with Crippen LogP contribution in [0.5, 0.6) is 0 Å². The summed E-state index contributed by atoms with van der Waals surface area (Å²) in [5.41, 5.74) is 5.19. The van der Waals surface area contributed by atoms with Crippen molar-refractivity contribution in [3.63, 3.8) is 0 Å². The number of alkyl halides is 1. The van der Waals surface area contributed by atoms with E-state index < -0.39 is 4.32 Å². The Morgan fingerprint density at radius 2 is 2.09 bits per heavy atom. The molecule has 1 amide bonds. The van der Waals surface area contributed by atoms with E-state index in [0.717, 1.165) is 0 Å². The monoisotopic (exact) mass is 288 g/mol. The van der Waals surface area contributed by atoms with Crippen LogP contribution in [-0.2, 0) is 4.79 Å². The molecule has 5 heteroatoms. The predicted octanol–water partition coefficient (Wildman–Crippen LogP) is 0.813. The van der Waals surface area contributed by atoms with Crippen molar-refractivity contribution in [3.8, 4) is 0 Å². The summed E-state index contributed by atoms with van der Waals surface area (Å²) in [6.07, 6.45) is 0. The molecule has 3 nitrogen and oxygen atoms in total. The predicted molar refractivity (Wildman–Crippen MR) is 55.4 cm³/mol. The van der Waals surface area contributed by atoms with Gasteiger partial charge in [0.05, 0.1) is 4.32 Å². The molecule has 0 aromatic rings. The van der Waals surface area contributed by atoms with Crippen LogP contribution in [0.25, 0.3) is 0 Å². The van der Waals surface area contributed by atoms with Crippen molar-refractivity contribution in [2.75, 3.05) is 13.1 Å². The number of nitrogens with two attached hydrogens (primary N) is 1. The maximum Gasteiger partial charge on any atom is 0.236 e. The molecule has 68 valence electrons. The molecule has 0 saturated heterocycles. The first kappa shape index (κ1) is 13.9. The average Bonchev–Trinajstić information content (AvgIpc) is 1.80. The highest BCUT2D eigenvalue weighted by molar-refractivity contribution is 9.10. The number of amides is 1. The summed E-state index contributed by atoms with van der Waals surface area (Å²) in [6.45, 7) is 4.60. The molecule has 0 unspecified atom stereocenters. The number of rotatable bonds is 3. The van der Waals surface area contributed by atoms with Crippen molar-refractivity contribution in [1.29, 1.82) is 0 Å². The smallest absolute Gasteiger partial charge is 0.236 e. The van der Waals surface area contributed by atoms with E-state index in [1.165, 1.54) is 0 Å². The minimum Gasteiger partial charge on any atom is -0.354 e.